The van der Waals surface area contributed by atoms with Gasteiger partial charge >= 0.3 is 5.97 Å². The molecule has 2 aromatic carbocycles. The number of benzene rings is 2. The topological polar surface area (TPSA) is 84.9 Å². The van der Waals surface area contributed by atoms with Gasteiger partial charge in [-0.25, -0.2) is 0 Å². The summed E-state index contributed by atoms with van der Waals surface area (Å²) in [6.45, 7) is 1.69. The Kier molecular flexibility index (Phi) is 5.19. The van der Waals surface area contributed by atoms with Crippen molar-refractivity contribution in [3.05, 3.63) is 48.0 Å². The molecule has 2 N–H and O–H groups in total. The average Bonchev–Trinajstić information content (AvgIpc) is 2.57. The molecule has 0 atom stereocenters. The zero-order chi connectivity index (χ0) is 16.8. The molecule has 0 fully saturated rings. The first kappa shape index (κ1) is 16.4. The quantitative estimate of drug-likeness (QED) is 0.503. The summed E-state index contributed by atoms with van der Waals surface area (Å²) in [7, 11) is 1.43. The molecule has 0 unspecified atom stereocenters. The van der Waals surface area contributed by atoms with Gasteiger partial charge in [-0.15, -0.1) is 0 Å². The van der Waals surface area contributed by atoms with Gasteiger partial charge in [-0.3, -0.25) is 9.59 Å². The SMILES string of the molecule is CCC(=O)Oc1ccc(C(=O)Nc2ccc(O)cc2)cc1OC. The van der Waals surface area contributed by atoms with E-state index in [1.165, 1.54) is 37.4 Å². The van der Waals surface area contributed by atoms with Gasteiger partial charge in [-0.05, 0) is 42.5 Å². The molecule has 2 rings (SSSR count). The Labute approximate surface area is 133 Å². The summed E-state index contributed by atoms with van der Waals surface area (Å²) in [6.07, 6.45) is 0.242. The Hall–Kier alpha value is -3.02. The summed E-state index contributed by atoms with van der Waals surface area (Å²) in [5, 5.41) is 11.9. The zero-order valence-corrected chi connectivity index (χ0v) is 12.8. The molecule has 0 aliphatic rings. The van der Waals surface area contributed by atoms with Crippen LogP contribution in [0.1, 0.15) is 23.7 Å². The van der Waals surface area contributed by atoms with Gasteiger partial charge in [0.25, 0.3) is 5.91 Å². The maximum atomic E-state index is 12.2. The highest BCUT2D eigenvalue weighted by molar-refractivity contribution is 6.04. The van der Waals surface area contributed by atoms with E-state index in [9.17, 15) is 14.7 Å². The van der Waals surface area contributed by atoms with E-state index in [0.717, 1.165) is 0 Å². The number of phenols is 1. The number of carbonyl (C=O) groups is 2. The lowest BCUT2D eigenvalue weighted by molar-refractivity contribution is -0.134. The van der Waals surface area contributed by atoms with E-state index in [-0.39, 0.29) is 29.8 Å². The van der Waals surface area contributed by atoms with Crippen LogP contribution in [0, 0.1) is 0 Å². The minimum atomic E-state index is -0.385. The van der Waals surface area contributed by atoms with Crippen LogP contribution in [0.2, 0.25) is 0 Å². The van der Waals surface area contributed by atoms with E-state index < -0.39 is 0 Å². The number of aromatic hydroxyl groups is 1. The lowest BCUT2D eigenvalue weighted by atomic mass is 10.1. The molecule has 0 bridgehead atoms. The Balaban J connectivity index is 2.17. The fourth-order valence-electron chi connectivity index (χ4n) is 1.84. The number of hydrogen-bond donors (Lipinski definition) is 2. The standard InChI is InChI=1S/C17H17NO5/c1-3-16(20)23-14-9-4-11(10-15(14)22-2)17(21)18-12-5-7-13(19)8-6-12/h4-10,19H,3H2,1-2H3,(H,18,21). The van der Waals surface area contributed by atoms with Crippen molar-refractivity contribution in [3.8, 4) is 17.2 Å². The first-order valence-electron chi connectivity index (χ1n) is 7.02. The number of esters is 1. The van der Waals surface area contributed by atoms with Crippen LogP contribution in [0.25, 0.3) is 0 Å². The third-order valence-corrected chi connectivity index (χ3v) is 3.06. The molecule has 0 saturated heterocycles. The van der Waals surface area contributed by atoms with E-state index >= 15 is 0 Å². The Bertz CT molecular complexity index is 709. The number of ether oxygens (including phenoxy) is 2. The molecule has 120 valence electrons. The summed E-state index contributed by atoms with van der Waals surface area (Å²) in [5.74, 6) is -0.0515. The smallest absolute Gasteiger partial charge is 0.311 e. The Morgan fingerprint density at radius 2 is 1.78 bits per heavy atom. The van der Waals surface area contributed by atoms with Gasteiger partial charge in [0.15, 0.2) is 11.5 Å². The lowest BCUT2D eigenvalue weighted by Crippen LogP contribution is -2.12. The highest BCUT2D eigenvalue weighted by atomic mass is 16.6. The highest BCUT2D eigenvalue weighted by Gasteiger charge is 2.13. The predicted molar refractivity (Wildman–Crippen MR) is 85.0 cm³/mol. The number of anilines is 1. The van der Waals surface area contributed by atoms with Crippen molar-refractivity contribution in [2.24, 2.45) is 0 Å². The third-order valence-electron chi connectivity index (χ3n) is 3.06. The second-order valence-corrected chi connectivity index (χ2v) is 4.69. The summed E-state index contributed by atoms with van der Waals surface area (Å²) in [6, 6.07) is 10.7. The summed E-state index contributed by atoms with van der Waals surface area (Å²) in [5.41, 5.74) is 0.902. The van der Waals surface area contributed by atoms with Crippen LogP contribution >= 0.6 is 0 Å². The molecule has 23 heavy (non-hydrogen) atoms. The molecule has 6 nitrogen and oxygen atoms in total. The fourth-order valence-corrected chi connectivity index (χ4v) is 1.84. The lowest BCUT2D eigenvalue weighted by Gasteiger charge is -2.11. The normalized spacial score (nSPS) is 10.0. The largest absolute Gasteiger partial charge is 0.508 e. The molecule has 0 aliphatic carbocycles. The van der Waals surface area contributed by atoms with Crippen LogP contribution in [0.15, 0.2) is 42.5 Å². The molecule has 0 heterocycles. The van der Waals surface area contributed by atoms with Gasteiger partial charge < -0.3 is 19.9 Å². The Morgan fingerprint density at radius 3 is 2.39 bits per heavy atom. The molecular weight excluding hydrogens is 298 g/mol. The Morgan fingerprint density at radius 1 is 1.09 bits per heavy atom. The molecule has 6 heteroatoms. The predicted octanol–water partition coefficient (Wildman–Crippen LogP) is 2.97. The van der Waals surface area contributed by atoms with Crippen LogP contribution in [-0.4, -0.2) is 24.1 Å². The van der Waals surface area contributed by atoms with Crippen molar-refractivity contribution in [1.82, 2.24) is 0 Å². The molecule has 2 aromatic rings. The van der Waals surface area contributed by atoms with E-state index in [1.54, 1.807) is 19.1 Å². The zero-order valence-electron chi connectivity index (χ0n) is 12.8. The number of methoxy groups -OCH3 is 1. The van der Waals surface area contributed by atoms with Gasteiger partial charge in [0, 0.05) is 17.7 Å². The van der Waals surface area contributed by atoms with Crippen LogP contribution < -0.4 is 14.8 Å². The first-order chi connectivity index (χ1) is 11.0. The number of phenolic OH excluding ortho intramolecular Hbond substituents is 1. The van der Waals surface area contributed by atoms with E-state index in [0.29, 0.717) is 17.0 Å². The van der Waals surface area contributed by atoms with Crippen LogP contribution in [0.4, 0.5) is 5.69 Å². The van der Waals surface area contributed by atoms with Crippen molar-refractivity contribution >= 4 is 17.6 Å². The first-order valence-corrected chi connectivity index (χ1v) is 7.02. The van der Waals surface area contributed by atoms with Gasteiger partial charge in [0.2, 0.25) is 0 Å². The maximum absolute atomic E-state index is 12.2. The van der Waals surface area contributed by atoms with Crippen molar-refractivity contribution in [2.45, 2.75) is 13.3 Å². The molecule has 0 spiro atoms. The number of rotatable bonds is 5. The van der Waals surface area contributed by atoms with Crippen molar-refractivity contribution in [3.63, 3.8) is 0 Å². The molecule has 0 aliphatic heterocycles. The minimum Gasteiger partial charge on any atom is -0.508 e. The van der Waals surface area contributed by atoms with Gasteiger partial charge in [-0.1, -0.05) is 6.92 Å². The highest BCUT2D eigenvalue weighted by Crippen LogP contribution is 2.29. The van der Waals surface area contributed by atoms with Gasteiger partial charge in [-0.2, -0.15) is 0 Å². The summed E-state index contributed by atoms with van der Waals surface area (Å²) in [4.78, 5) is 23.6. The monoisotopic (exact) mass is 315 g/mol. The minimum absolute atomic E-state index is 0.117. The third kappa shape index (κ3) is 4.23. The van der Waals surface area contributed by atoms with Crippen molar-refractivity contribution in [2.75, 3.05) is 12.4 Å². The molecule has 1 amide bonds. The van der Waals surface area contributed by atoms with E-state index in [2.05, 4.69) is 5.32 Å². The van der Waals surface area contributed by atoms with Gasteiger partial charge in [0.1, 0.15) is 5.75 Å². The number of amides is 1. The average molecular weight is 315 g/mol. The van der Waals surface area contributed by atoms with Crippen LogP contribution in [0.5, 0.6) is 17.2 Å². The molecule has 0 saturated carbocycles. The maximum Gasteiger partial charge on any atom is 0.311 e. The molecule has 0 aromatic heterocycles. The number of nitrogens with one attached hydrogen (secondary N) is 1. The second kappa shape index (κ2) is 7.31. The van der Waals surface area contributed by atoms with Crippen LogP contribution in [0.3, 0.4) is 0 Å². The molecular formula is C17H17NO5. The summed E-state index contributed by atoms with van der Waals surface area (Å²) >= 11 is 0. The van der Waals surface area contributed by atoms with Crippen molar-refractivity contribution in [1.29, 1.82) is 0 Å². The fraction of sp³-hybridized carbons (Fsp3) is 0.176. The van der Waals surface area contributed by atoms with E-state index in [1.807, 2.05) is 0 Å². The van der Waals surface area contributed by atoms with Gasteiger partial charge in [0.05, 0.1) is 7.11 Å². The number of hydrogen-bond acceptors (Lipinski definition) is 5. The molecule has 0 radical (unpaired) electrons. The van der Waals surface area contributed by atoms with E-state index in [4.69, 9.17) is 9.47 Å². The second-order valence-electron chi connectivity index (χ2n) is 4.69. The van der Waals surface area contributed by atoms with Crippen molar-refractivity contribution < 1.29 is 24.2 Å². The van der Waals surface area contributed by atoms with Crippen LogP contribution in [-0.2, 0) is 4.79 Å². The summed E-state index contributed by atoms with van der Waals surface area (Å²) < 4.78 is 10.3. The number of carbonyl (C=O) groups excluding carboxylic acids is 2.